The monoisotopic (exact) mass is 354 g/mol. The number of benzene rings is 1. The molecular weight excluding hydrogens is 340 g/mol. The molecule has 25 heavy (non-hydrogen) atoms. The van der Waals surface area contributed by atoms with Crippen LogP contribution in [0.25, 0.3) is 5.65 Å². The Balaban J connectivity index is 1.83. The number of nitrogens with zero attached hydrogens (tertiary/aromatic N) is 4. The average Bonchev–Trinajstić information content (AvgIpc) is 3.20. The van der Waals surface area contributed by atoms with E-state index in [0.717, 1.165) is 16.9 Å². The van der Waals surface area contributed by atoms with E-state index in [0.29, 0.717) is 34.2 Å². The molecule has 9 heteroatoms. The van der Waals surface area contributed by atoms with Gasteiger partial charge in [-0.05, 0) is 24.0 Å². The summed E-state index contributed by atoms with van der Waals surface area (Å²) in [5, 5.41) is 14.1. The molecule has 4 N–H and O–H groups in total. The van der Waals surface area contributed by atoms with Gasteiger partial charge < -0.3 is 20.9 Å². The van der Waals surface area contributed by atoms with Crippen molar-refractivity contribution in [2.75, 3.05) is 24.5 Å². The number of fused-ring (bicyclic) bond motifs is 2. The number of hydrogen-bond acceptors (Lipinski definition) is 8. The highest BCUT2D eigenvalue weighted by atomic mass is 32.2. The van der Waals surface area contributed by atoms with Crippen molar-refractivity contribution in [3.8, 4) is 17.6 Å². The minimum atomic E-state index is 0.226. The molecule has 4 rings (SSSR count). The number of aromatic nitrogens is 3. The van der Waals surface area contributed by atoms with Gasteiger partial charge in [0.1, 0.15) is 22.5 Å². The van der Waals surface area contributed by atoms with Crippen LogP contribution in [0.5, 0.6) is 11.5 Å². The first-order chi connectivity index (χ1) is 12.1. The first-order valence-electron chi connectivity index (χ1n) is 7.41. The van der Waals surface area contributed by atoms with Crippen LogP contribution < -0.4 is 20.9 Å². The summed E-state index contributed by atoms with van der Waals surface area (Å²) in [6, 6.07) is 7.79. The largest absolute Gasteiger partial charge is 0.454 e. The summed E-state index contributed by atoms with van der Waals surface area (Å²) in [6.45, 7) is 0.226. The SMILES string of the molecule is CSc1nc2c(Cc3ccc4c(c3)OCO4)c(N)nn2c(N)c1C#N. The Morgan fingerprint density at radius 1 is 1.32 bits per heavy atom. The minimum Gasteiger partial charge on any atom is -0.454 e. The second kappa shape index (κ2) is 5.75. The lowest BCUT2D eigenvalue weighted by Crippen LogP contribution is -2.06. The number of thioether (sulfide) groups is 1. The van der Waals surface area contributed by atoms with Crippen LogP contribution in [0.3, 0.4) is 0 Å². The molecule has 1 aromatic carbocycles. The number of nitrogen functional groups attached to an aromatic ring is 2. The summed E-state index contributed by atoms with van der Waals surface area (Å²) in [4.78, 5) is 4.54. The predicted molar refractivity (Wildman–Crippen MR) is 93.7 cm³/mol. The summed E-state index contributed by atoms with van der Waals surface area (Å²) >= 11 is 1.36. The van der Waals surface area contributed by atoms with Gasteiger partial charge in [0, 0.05) is 12.0 Å². The molecule has 0 unspecified atom stereocenters. The Morgan fingerprint density at radius 3 is 2.88 bits per heavy atom. The minimum absolute atomic E-state index is 0.226. The lowest BCUT2D eigenvalue weighted by Gasteiger charge is -2.07. The number of nitrogens with two attached hydrogens (primary N) is 2. The third kappa shape index (κ3) is 2.38. The Labute approximate surface area is 147 Å². The first kappa shape index (κ1) is 15.4. The normalized spacial score (nSPS) is 12.5. The second-order valence-corrected chi connectivity index (χ2v) is 6.25. The van der Waals surface area contributed by atoms with Crippen molar-refractivity contribution in [3.63, 3.8) is 0 Å². The van der Waals surface area contributed by atoms with Gasteiger partial charge in [-0.25, -0.2) is 4.98 Å². The van der Waals surface area contributed by atoms with E-state index in [1.54, 1.807) is 0 Å². The van der Waals surface area contributed by atoms with Crippen molar-refractivity contribution in [1.29, 1.82) is 5.26 Å². The molecule has 1 aliphatic rings. The van der Waals surface area contributed by atoms with E-state index >= 15 is 0 Å². The number of rotatable bonds is 3. The molecule has 8 nitrogen and oxygen atoms in total. The van der Waals surface area contributed by atoms with Gasteiger partial charge in [0.2, 0.25) is 6.79 Å². The molecule has 0 spiro atoms. The van der Waals surface area contributed by atoms with Gasteiger partial charge in [0.25, 0.3) is 0 Å². The zero-order valence-corrected chi connectivity index (χ0v) is 14.1. The van der Waals surface area contributed by atoms with Crippen molar-refractivity contribution >= 4 is 29.0 Å². The van der Waals surface area contributed by atoms with Crippen molar-refractivity contribution in [2.45, 2.75) is 11.4 Å². The van der Waals surface area contributed by atoms with Gasteiger partial charge in [-0.15, -0.1) is 16.9 Å². The third-order valence-corrected chi connectivity index (χ3v) is 4.70. The zero-order valence-electron chi connectivity index (χ0n) is 13.3. The molecule has 0 fully saturated rings. The van der Waals surface area contributed by atoms with Crippen LogP contribution in [0.15, 0.2) is 23.2 Å². The molecule has 2 aromatic heterocycles. The van der Waals surface area contributed by atoms with Gasteiger partial charge in [-0.2, -0.15) is 9.78 Å². The van der Waals surface area contributed by atoms with Gasteiger partial charge in [-0.3, -0.25) is 0 Å². The molecule has 0 saturated heterocycles. The smallest absolute Gasteiger partial charge is 0.231 e. The van der Waals surface area contributed by atoms with Crippen LogP contribution in [0.2, 0.25) is 0 Å². The molecule has 0 aliphatic carbocycles. The second-order valence-electron chi connectivity index (χ2n) is 5.46. The Morgan fingerprint density at radius 2 is 2.12 bits per heavy atom. The van der Waals surface area contributed by atoms with Crippen molar-refractivity contribution in [1.82, 2.24) is 14.6 Å². The third-order valence-electron chi connectivity index (χ3n) is 4.02. The van der Waals surface area contributed by atoms with E-state index in [4.69, 9.17) is 20.9 Å². The van der Waals surface area contributed by atoms with Crippen molar-refractivity contribution < 1.29 is 9.47 Å². The predicted octanol–water partition coefficient (Wildman–Crippen LogP) is 1.81. The van der Waals surface area contributed by atoms with E-state index in [2.05, 4.69) is 16.2 Å². The summed E-state index contributed by atoms with van der Waals surface area (Å²) in [5.74, 6) is 2.00. The van der Waals surface area contributed by atoms with Crippen molar-refractivity contribution in [3.05, 3.63) is 34.9 Å². The summed E-state index contributed by atoms with van der Waals surface area (Å²) in [6.07, 6.45) is 2.36. The molecule has 126 valence electrons. The van der Waals surface area contributed by atoms with Crippen LogP contribution in [0.4, 0.5) is 11.6 Å². The van der Waals surface area contributed by atoms with Gasteiger partial charge in [-0.1, -0.05) is 6.07 Å². The molecule has 0 saturated carbocycles. The van der Waals surface area contributed by atoms with Crippen LogP contribution in [-0.4, -0.2) is 27.6 Å². The van der Waals surface area contributed by atoms with E-state index in [-0.39, 0.29) is 12.6 Å². The molecule has 3 aromatic rings. The zero-order chi connectivity index (χ0) is 17.6. The topological polar surface area (TPSA) is 124 Å². The fraction of sp³-hybridized carbons (Fsp3) is 0.188. The van der Waals surface area contributed by atoms with Gasteiger partial charge in [0.15, 0.2) is 23.0 Å². The lowest BCUT2D eigenvalue weighted by atomic mass is 10.1. The highest BCUT2D eigenvalue weighted by Gasteiger charge is 2.20. The summed E-state index contributed by atoms with van der Waals surface area (Å²) < 4.78 is 12.2. The number of ether oxygens (including phenoxy) is 2. The lowest BCUT2D eigenvalue weighted by molar-refractivity contribution is 0.174. The molecule has 3 heterocycles. The molecule has 0 bridgehead atoms. The number of anilines is 2. The maximum Gasteiger partial charge on any atom is 0.231 e. The van der Waals surface area contributed by atoms with Crippen molar-refractivity contribution in [2.24, 2.45) is 0 Å². The molecule has 1 aliphatic heterocycles. The van der Waals surface area contributed by atoms with E-state index in [1.165, 1.54) is 16.3 Å². The molecule has 0 radical (unpaired) electrons. The Bertz CT molecular complexity index is 1040. The standard InChI is InChI=1S/C16H14N6O2S/c1-25-16-10(6-17)14(19)22-15(20-16)9(13(18)21-22)4-8-2-3-11-12(5-8)24-7-23-11/h2-3,5H,4,7,19H2,1H3,(H2,18,21). The summed E-state index contributed by atoms with van der Waals surface area (Å²) in [7, 11) is 0. The summed E-state index contributed by atoms with van der Waals surface area (Å²) in [5.41, 5.74) is 14.8. The molecule has 0 atom stereocenters. The van der Waals surface area contributed by atoms with E-state index in [1.807, 2.05) is 24.5 Å². The van der Waals surface area contributed by atoms with Crippen LogP contribution >= 0.6 is 11.8 Å². The fourth-order valence-electron chi connectivity index (χ4n) is 2.79. The molecular formula is C16H14N6O2S. The Hall–Kier alpha value is -3.12. The maximum atomic E-state index is 9.31. The van der Waals surface area contributed by atoms with Crippen LogP contribution in [0, 0.1) is 11.3 Å². The molecule has 0 amide bonds. The maximum absolute atomic E-state index is 9.31. The highest BCUT2D eigenvalue weighted by Crippen LogP contribution is 2.34. The average molecular weight is 354 g/mol. The van der Waals surface area contributed by atoms with Crippen LogP contribution in [0.1, 0.15) is 16.7 Å². The first-order valence-corrected chi connectivity index (χ1v) is 8.64. The van der Waals surface area contributed by atoms with E-state index in [9.17, 15) is 5.26 Å². The quantitative estimate of drug-likeness (QED) is 0.539. The Kier molecular flexibility index (Phi) is 3.54. The van der Waals surface area contributed by atoms with Gasteiger partial charge >= 0.3 is 0 Å². The number of nitriles is 1. The highest BCUT2D eigenvalue weighted by molar-refractivity contribution is 7.98. The van der Waals surface area contributed by atoms with Crippen LogP contribution in [-0.2, 0) is 6.42 Å². The fourth-order valence-corrected chi connectivity index (χ4v) is 3.32. The van der Waals surface area contributed by atoms with E-state index < -0.39 is 0 Å². The number of hydrogen-bond donors (Lipinski definition) is 2. The van der Waals surface area contributed by atoms with Gasteiger partial charge in [0.05, 0.1) is 0 Å².